The second-order valence-electron chi connectivity index (χ2n) is 7.22. The molecule has 158 valence electrons. The summed E-state index contributed by atoms with van der Waals surface area (Å²) in [5.74, 6) is -2.16. The van der Waals surface area contributed by atoms with Gasteiger partial charge in [0.15, 0.2) is 0 Å². The number of amides is 2. The molecule has 0 aromatic heterocycles. The number of hydrogen-bond donors (Lipinski definition) is 5. The number of nitrogens with one attached hydrogen (secondary N) is 1. The standard InChI is InChI=1S/C17H23BN3O8/c1-9(20-13(22)6-19)16(23)21-7-11(8-21)28-12-3-2-10-4-5-18(26,27)29-15(10)14(12)17(24)25/h2-3,9,11,26-27H,4-8,19H2,1H3,(H,20,22)(H,24,25)/q-1. The van der Waals surface area contributed by atoms with Gasteiger partial charge in [0.1, 0.15) is 23.5 Å². The number of ether oxygens (including phenoxy) is 1. The van der Waals surface area contributed by atoms with E-state index in [-0.39, 0.29) is 55.3 Å². The van der Waals surface area contributed by atoms with E-state index in [0.717, 1.165) is 0 Å². The van der Waals surface area contributed by atoms with Gasteiger partial charge in [-0.15, -0.1) is 0 Å². The van der Waals surface area contributed by atoms with E-state index in [2.05, 4.69) is 5.32 Å². The highest BCUT2D eigenvalue weighted by atomic mass is 16.6. The maximum absolute atomic E-state index is 12.3. The van der Waals surface area contributed by atoms with Crippen LogP contribution in [0.15, 0.2) is 12.1 Å². The molecule has 0 bridgehead atoms. The summed E-state index contributed by atoms with van der Waals surface area (Å²) in [6.45, 7) is -1.36. The number of aromatic carboxylic acids is 1. The van der Waals surface area contributed by atoms with Gasteiger partial charge in [0.2, 0.25) is 11.8 Å². The Morgan fingerprint density at radius 2 is 2.07 bits per heavy atom. The average molecular weight is 408 g/mol. The van der Waals surface area contributed by atoms with Gasteiger partial charge < -0.3 is 40.5 Å². The van der Waals surface area contributed by atoms with Crippen LogP contribution in [0, 0.1) is 0 Å². The van der Waals surface area contributed by atoms with Crippen molar-refractivity contribution in [3.63, 3.8) is 0 Å². The molecule has 11 nitrogen and oxygen atoms in total. The van der Waals surface area contributed by atoms with E-state index in [4.69, 9.17) is 15.1 Å². The fourth-order valence-electron chi connectivity index (χ4n) is 3.34. The Bertz CT molecular complexity index is 840. The van der Waals surface area contributed by atoms with E-state index >= 15 is 0 Å². The first-order valence-electron chi connectivity index (χ1n) is 9.24. The van der Waals surface area contributed by atoms with Crippen LogP contribution in [0.2, 0.25) is 6.32 Å². The number of nitrogens with zero attached hydrogens (tertiary/aromatic N) is 1. The van der Waals surface area contributed by atoms with Gasteiger partial charge in [-0.1, -0.05) is 12.4 Å². The van der Waals surface area contributed by atoms with Crippen molar-refractivity contribution in [2.75, 3.05) is 19.6 Å². The van der Waals surface area contributed by atoms with Gasteiger partial charge >= 0.3 is 12.7 Å². The first-order chi connectivity index (χ1) is 13.6. The zero-order valence-electron chi connectivity index (χ0n) is 15.8. The van der Waals surface area contributed by atoms with Crippen molar-refractivity contribution in [3.05, 3.63) is 23.3 Å². The molecule has 0 spiro atoms. The first-order valence-corrected chi connectivity index (χ1v) is 9.24. The molecule has 1 atom stereocenters. The van der Waals surface area contributed by atoms with Crippen LogP contribution in [-0.2, 0) is 16.0 Å². The summed E-state index contributed by atoms with van der Waals surface area (Å²) in [6.07, 6.45) is -0.208. The third kappa shape index (κ3) is 4.44. The van der Waals surface area contributed by atoms with Crippen LogP contribution in [-0.4, -0.2) is 76.4 Å². The number of likely N-dealkylation sites (tertiary alicyclic amines) is 1. The number of nitrogens with two attached hydrogens (primary N) is 1. The number of fused-ring (bicyclic) bond motifs is 1. The second kappa shape index (κ2) is 7.89. The normalized spacial score (nSPS) is 18.7. The van der Waals surface area contributed by atoms with Crippen LogP contribution < -0.4 is 20.4 Å². The molecule has 1 saturated heterocycles. The molecule has 1 fully saturated rings. The smallest absolute Gasteiger partial charge is 0.430 e. The molecule has 12 heteroatoms. The molecule has 0 radical (unpaired) electrons. The van der Waals surface area contributed by atoms with Gasteiger partial charge in [0, 0.05) is 0 Å². The highest BCUT2D eigenvalue weighted by Gasteiger charge is 2.37. The van der Waals surface area contributed by atoms with Crippen molar-refractivity contribution in [2.24, 2.45) is 5.73 Å². The number of rotatable bonds is 6. The van der Waals surface area contributed by atoms with Crippen LogP contribution in [0.25, 0.3) is 0 Å². The number of hydrogen-bond acceptors (Lipinski definition) is 8. The van der Waals surface area contributed by atoms with E-state index < -0.39 is 30.8 Å². The van der Waals surface area contributed by atoms with Crippen molar-refractivity contribution < 1.29 is 38.9 Å². The van der Waals surface area contributed by atoms with Crippen LogP contribution in [0.1, 0.15) is 22.8 Å². The highest BCUT2D eigenvalue weighted by molar-refractivity contribution is 6.59. The summed E-state index contributed by atoms with van der Waals surface area (Å²) >= 11 is 0. The fourth-order valence-corrected chi connectivity index (χ4v) is 3.34. The lowest BCUT2D eigenvalue weighted by atomic mass is 9.70. The highest BCUT2D eigenvalue weighted by Crippen LogP contribution is 2.38. The average Bonchev–Trinajstić information content (AvgIpc) is 2.61. The number of carboxylic acids is 1. The van der Waals surface area contributed by atoms with Crippen molar-refractivity contribution in [1.29, 1.82) is 0 Å². The molecular formula is C17H23BN3O8-. The maximum Gasteiger partial charge on any atom is 0.430 e. The molecule has 1 unspecified atom stereocenters. The van der Waals surface area contributed by atoms with E-state index in [0.29, 0.717) is 5.56 Å². The molecule has 1 aromatic rings. The van der Waals surface area contributed by atoms with Crippen LogP contribution in [0.5, 0.6) is 11.5 Å². The molecule has 2 amide bonds. The monoisotopic (exact) mass is 408 g/mol. The number of carbonyl (C=O) groups is 3. The molecular weight excluding hydrogens is 385 g/mol. The Morgan fingerprint density at radius 3 is 2.69 bits per heavy atom. The predicted molar refractivity (Wildman–Crippen MR) is 100 cm³/mol. The lowest BCUT2D eigenvalue weighted by Gasteiger charge is -2.41. The molecule has 2 aliphatic heterocycles. The van der Waals surface area contributed by atoms with Gasteiger partial charge in [-0.25, -0.2) is 4.79 Å². The Labute approximate surface area is 166 Å². The SMILES string of the molecule is CC(NC(=O)CN)C(=O)N1CC(Oc2ccc3c(c2C(=O)O)O[B-](O)(O)CC3)C1. The van der Waals surface area contributed by atoms with Gasteiger partial charge in [0.25, 0.3) is 0 Å². The second-order valence-corrected chi connectivity index (χ2v) is 7.22. The Morgan fingerprint density at radius 1 is 1.38 bits per heavy atom. The first kappa shape index (κ1) is 20.9. The minimum atomic E-state index is -3.12. The Hall–Kier alpha value is -2.83. The third-order valence-electron chi connectivity index (χ3n) is 4.90. The van der Waals surface area contributed by atoms with Crippen molar-refractivity contribution in [3.8, 4) is 11.5 Å². The Kier molecular flexibility index (Phi) is 5.69. The molecule has 0 saturated carbocycles. The summed E-state index contributed by atoms with van der Waals surface area (Å²) < 4.78 is 10.8. The number of carboxylic acid groups (broad SMARTS) is 1. The predicted octanol–water partition coefficient (Wildman–Crippen LogP) is -1.70. The summed E-state index contributed by atoms with van der Waals surface area (Å²) in [4.78, 5) is 36.8. The van der Waals surface area contributed by atoms with Crippen LogP contribution >= 0.6 is 0 Å². The fraction of sp³-hybridized carbons (Fsp3) is 0.471. The lowest BCUT2D eigenvalue weighted by Crippen LogP contribution is -2.60. The molecule has 6 N–H and O–H groups in total. The summed E-state index contributed by atoms with van der Waals surface area (Å²) in [5, 5.41) is 31.6. The summed E-state index contributed by atoms with van der Waals surface area (Å²) in [7, 11) is 0. The molecule has 29 heavy (non-hydrogen) atoms. The molecule has 1 aromatic carbocycles. The lowest BCUT2D eigenvalue weighted by molar-refractivity contribution is -0.143. The van der Waals surface area contributed by atoms with Crippen molar-refractivity contribution in [1.82, 2.24) is 10.2 Å². The van der Waals surface area contributed by atoms with Crippen molar-refractivity contribution >= 4 is 24.5 Å². The number of benzene rings is 1. The van der Waals surface area contributed by atoms with Gasteiger partial charge in [-0.2, -0.15) is 0 Å². The number of aryl methyl sites for hydroxylation is 1. The van der Waals surface area contributed by atoms with Gasteiger partial charge in [0.05, 0.1) is 25.4 Å². The molecule has 3 rings (SSSR count). The zero-order chi connectivity index (χ0) is 21.3. The molecule has 0 aliphatic carbocycles. The summed E-state index contributed by atoms with van der Waals surface area (Å²) in [6, 6.07) is 2.38. The third-order valence-corrected chi connectivity index (χ3v) is 4.90. The minimum absolute atomic E-state index is 0.0198. The summed E-state index contributed by atoms with van der Waals surface area (Å²) in [5.41, 5.74) is 5.47. The quantitative estimate of drug-likeness (QED) is 0.344. The van der Waals surface area contributed by atoms with Crippen molar-refractivity contribution in [2.45, 2.75) is 31.8 Å². The zero-order valence-corrected chi connectivity index (χ0v) is 15.8. The van der Waals surface area contributed by atoms with E-state index in [1.807, 2.05) is 0 Å². The Balaban J connectivity index is 1.67. The van der Waals surface area contributed by atoms with E-state index in [1.54, 1.807) is 13.0 Å². The van der Waals surface area contributed by atoms with Crippen LogP contribution in [0.4, 0.5) is 0 Å². The topological polar surface area (TPSA) is 172 Å². The van der Waals surface area contributed by atoms with Gasteiger partial charge in [-0.3, -0.25) is 9.59 Å². The molecule has 2 heterocycles. The molecule has 2 aliphatic rings. The number of carbonyl (C=O) groups excluding carboxylic acids is 2. The minimum Gasteiger partial charge on any atom is -0.669 e. The van der Waals surface area contributed by atoms with Gasteiger partial charge in [-0.05, 0) is 25.0 Å². The van der Waals surface area contributed by atoms with Crippen LogP contribution in [0.3, 0.4) is 0 Å². The maximum atomic E-state index is 12.3. The van der Waals surface area contributed by atoms with E-state index in [1.165, 1.54) is 11.0 Å². The van der Waals surface area contributed by atoms with E-state index in [9.17, 15) is 29.5 Å². The largest absolute Gasteiger partial charge is 0.669 e.